The van der Waals surface area contributed by atoms with Gasteiger partial charge in [0.2, 0.25) is 0 Å². The van der Waals surface area contributed by atoms with Crippen LogP contribution in [0.25, 0.3) is 0 Å². The summed E-state index contributed by atoms with van der Waals surface area (Å²) in [5, 5.41) is 10.6. The normalized spacial score (nSPS) is 12.4. The lowest BCUT2D eigenvalue weighted by molar-refractivity contribution is -0.148. The van der Waals surface area contributed by atoms with E-state index in [0.717, 1.165) is 19.3 Å². The number of hydrogen-bond donors (Lipinski definition) is 0. The fourth-order valence-corrected chi connectivity index (χ4v) is 1.32. The van der Waals surface area contributed by atoms with Crippen molar-refractivity contribution in [3.05, 3.63) is 6.33 Å². The van der Waals surface area contributed by atoms with Crippen LogP contribution in [0.4, 0.5) is 0 Å². The smallest absolute Gasteiger partial charge is 0.307 e. The quantitative estimate of drug-likeness (QED) is 0.653. The van der Waals surface area contributed by atoms with Gasteiger partial charge in [-0.2, -0.15) is 0 Å². The van der Waals surface area contributed by atoms with Gasteiger partial charge in [-0.25, -0.2) is 4.68 Å². The van der Waals surface area contributed by atoms with E-state index < -0.39 is 0 Å². The van der Waals surface area contributed by atoms with Crippen LogP contribution in [0.15, 0.2) is 6.33 Å². The summed E-state index contributed by atoms with van der Waals surface area (Å²) >= 11 is 0. The Bertz CT molecular complexity index is 300. The zero-order valence-electron chi connectivity index (χ0n) is 9.80. The van der Waals surface area contributed by atoms with Crippen LogP contribution in [0.3, 0.4) is 0 Å². The Kier molecular flexibility index (Phi) is 5.45. The molecule has 0 aromatic carbocycles. The van der Waals surface area contributed by atoms with Gasteiger partial charge in [-0.15, -0.1) is 5.10 Å². The molecular weight excluding hydrogens is 208 g/mol. The third-order valence-corrected chi connectivity index (χ3v) is 2.23. The Morgan fingerprint density at radius 3 is 3.00 bits per heavy atom. The molecule has 6 heteroatoms. The Morgan fingerprint density at radius 1 is 1.56 bits per heavy atom. The summed E-state index contributed by atoms with van der Waals surface area (Å²) in [6, 6.07) is 0. The lowest BCUT2D eigenvalue weighted by atomic mass is 10.2. The zero-order chi connectivity index (χ0) is 11.8. The maximum absolute atomic E-state index is 11.4. The summed E-state index contributed by atoms with van der Waals surface area (Å²) in [5.74, 6) is -0.195. The number of rotatable bonds is 7. The van der Waals surface area contributed by atoms with E-state index in [1.54, 1.807) is 0 Å². The molecule has 0 bridgehead atoms. The molecule has 0 radical (unpaired) electrons. The molecule has 1 atom stereocenters. The number of aryl methyl sites for hydroxylation is 1. The van der Waals surface area contributed by atoms with Gasteiger partial charge >= 0.3 is 5.97 Å². The Labute approximate surface area is 95.0 Å². The van der Waals surface area contributed by atoms with Gasteiger partial charge in [0.1, 0.15) is 6.33 Å². The molecule has 1 heterocycles. The number of carbonyl (C=O) groups excluding carboxylic acids is 1. The Morgan fingerprint density at radius 2 is 2.38 bits per heavy atom. The summed E-state index contributed by atoms with van der Waals surface area (Å²) in [7, 11) is 0. The largest absolute Gasteiger partial charge is 0.463 e. The molecule has 90 valence electrons. The molecule has 0 N–H and O–H groups in total. The average Bonchev–Trinajstić information content (AvgIpc) is 2.76. The molecule has 1 unspecified atom stereocenters. The van der Waals surface area contributed by atoms with Gasteiger partial charge in [-0.05, 0) is 23.8 Å². The van der Waals surface area contributed by atoms with Crippen LogP contribution in [0.1, 0.15) is 39.5 Å². The van der Waals surface area contributed by atoms with Crippen molar-refractivity contribution in [3.63, 3.8) is 0 Å². The molecule has 0 saturated carbocycles. The summed E-state index contributed by atoms with van der Waals surface area (Å²) in [4.78, 5) is 11.4. The second-order valence-corrected chi connectivity index (χ2v) is 3.77. The standard InChI is InChI=1S/C10H18N4O2/c1-3-4-5-9(2)16-10(15)6-7-14-8-11-12-13-14/h8-9H,3-7H2,1-2H3. The van der Waals surface area contributed by atoms with Gasteiger partial charge in [0.25, 0.3) is 0 Å². The van der Waals surface area contributed by atoms with Crippen molar-refractivity contribution < 1.29 is 9.53 Å². The van der Waals surface area contributed by atoms with E-state index in [9.17, 15) is 4.79 Å². The number of tetrazole rings is 1. The minimum atomic E-state index is -0.195. The van der Waals surface area contributed by atoms with Gasteiger partial charge in [0.15, 0.2) is 0 Å². The van der Waals surface area contributed by atoms with Crippen LogP contribution in [0, 0.1) is 0 Å². The van der Waals surface area contributed by atoms with Gasteiger partial charge in [0, 0.05) is 0 Å². The third-order valence-electron chi connectivity index (χ3n) is 2.23. The van der Waals surface area contributed by atoms with Crippen LogP contribution in [0.2, 0.25) is 0 Å². The minimum Gasteiger partial charge on any atom is -0.463 e. The highest BCUT2D eigenvalue weighted by molar-refractivity contribution is 5.69. The van der Waals surface area contributed by atoms with Crippen molar-refractivity contribution in [1.82, 2.24) is 20.2 Å². The molecule has 0 amide bonds. The van der Waals surface area contributed by atoms with Crippen LogP contribution in [-0.4, -0.2) is 32.3 Å². The Balaban J connectivity index is 2.15. The monoisotopic (exact) mass is 226 g/mol. The highest BCUT2D eigenvalue weighted by atomic mass is 16.5. The number of carbonyl (C=O) groups is 1. The van der Waals surface area contributed by atoms with E-state index in [2.05, 4.69) is 22.4 Å². The van der Waals surface area contributed by atoms with E-state index in [4.69, 9.17) is 4.74 Å². The molecule has 0 aliphatic rings. The van der Waals surface area contributed by atoms with Crippen molar-refractivity contribution in [2.45, 2.75) is 52.2 Å². The molecule has 0 saturated heterocycles. The fourth-order valence-electron chi connectivity index (χ4n) is 1.32. The van der Waals surface area contributed by atoms with E-state index in [1.165, 1.54) is 11.0 Å². The van der Waals surface area contributed by atoms with E-state index in [-0.39, 0.29) is 12.1 Å². The third kappa shape index (κ3) is 4.86. The first-order valence-electron chi connectivity index (χ1n) is 5.62. The predicted octanol–water partition coefficient (Wildman–Crippen LogP) is 1.19. The van der Waals surface area contributed by atoms with Crippen LogP contribution >= 0.6 is 0 Å². The molecule has 0 aliphatic carbocycles. The van der Waals surface area contributed by atoms with Crippen molar-refractivity contribution >= 4 is 5.97 Å². The summed E-state index contributed by atoms with van der Waals surface area (Å²) < 4.78 is 6.74. The lowest BCUT2D eigenvalue weighted by Crippen LogP contribution is -2.16. The molecule has 1 aromatic rings. The average molecular weight is 226 g/mol. The SMILES string of the molecule is CCCCC(C)OC(=O)CCn1cnnn1. The Hall–Kier alpha value is -1.46. The summed E-state index contributed by atoms with van der Waals surface area (Å²) in [5.41, 5.74) is 0. The van der Waals surface area contributed by atoms with Crippen LogP contribution in [-0.2, 0) is 16.1 Å². The number of esters is 1. The highest BCUT2D eigenvalue weighted by Gasteiger charge is 2.09. The molecular formula is C10H18N4O2. The molecule has 0 aliphatic heterocycles. The van der Waals surface area contributed by atoms with Crippen molar-refractivity contribution in [1.29, 1.82) is 0 Å². The second-order valence-electron chi connectivity index (χ2n) is 3.77. The number of ether oxygens (including phenoxy) is 1. The molecule has 1 rings (SSSR count). The summed E-state index contributed by atoms with van der Waals surface area (Å²) in [6.07, 6.45) is 4.91. The van der Waals surface area contributed by atoms with Crippen LogP contribution < -0.4 is 0 Å². The van der Waals surface area contributed by atoms with E-state index in [1.807, 2.05) is 6.92 Å². The molecule has 1 aromatic heterocycles. The van der Waals surface area contributed by atoms with Gasteiger partial charge in [-0.1, -0.05) is 19.8 Å². The van der Waals surface area contributed by atoms with Gasteiger partial charge < -0.3 is 4.74 Å². The molecule has 0 spiro atoms. The lowest BCUT2D eigenvalue weighted by Gasteiger charge is -2.12. The first-order chi connectivity index (χ1) is 7.72. The van der Waals surface area contributed by atoms with Gasteiger partial charge in [0.05, 0.1) is 19.1 Å². The number of aromatic nitrogens is 4. The fraction of sp³-hybridized carbons (Fsp3) is 0.800. The molecule has 0 fully saturated rings. The van der Waals surface area contributed by atoms with E-state index in [0.29, 0.717) is 13.0 Å². The van der Waals surface area contributed by atoms with E-state index >= 15 is 0 Å². The topological polar surface area (TPSA) is 69.9 Å². The van der Waals surface area contributed by atoms with Gasteiger partial charge in [-0.3, -0.25) is 4.79 Å². The first kappa shape index (κ1) is 12.6. The molecule has 16 heavy (non-hydrogen) atoms. The van der Waals surface area contributed by atoms with Crippen molar-refractivity contribution in [2.24, 2.45) is 0 Å². The number of unbranched alkanes of at least 4 members (excludes halogenated alkanes) is 1. The zero-order valence-corrected chi connectivity index (χ0v) is 9.80. The summed E-state index contributed by atoms with van der Waals surface area (Å²) in [6.45, 7) is 4.50. The van der Waals surface area contributed by atoms with Crippen LogP contribution in [0.5, 0.6) is 0 Å². The van der Waals surface area contributed by atoms with Crippen molar-refractivity contribution in [3.8, 4) is 0 Å². The second kappa shape index (κ2) is 6.92. The van der Waals surface area contributed by atoms with Crippen molar-refractivity contribution in [2.75, 3.05) is 0 Å². The maximum atomic E-state index is 11.4. The molecule has 6 nitrogen and oxygen atoms in total. The highest BCUT2D eigenvalue weighted by Crippen LogP contribution is 2.05. The first-order valence-corrected chi connectivity index (χ1v) is 5.62. The number of nitrogens with zero attached hydrogens (tertiary/aromatic N) is 4. The maximum Gasteiger partial charge on any atom is 0.307 e. The number of hydrogen-bond acceptors (Lipinski definition) is 5. The predicted molar refractivity (Wildman–Crippen MR) is 57.5 cm³/mol. The minimum absolute atomic E-state index is 0.00122.